The quantitative estimate of drug-likeness (QED) is 0.446. The minimum atomic E-state index is -1.66. The molecule has 1 atom stereocenters. The first-order chi connectivity index (χ1) is 16.0. The van der Waals surface area contributed by atoms with E-state index in [1.165, 1.54) is 15.8 Å². The van der Waals surface area contributed by atoms with Crippen LogP contribution in [-0.4, -0.2) is 69.2 Å². The Morgan fingerprint density at radius 3 is 2.79 bits per heavy atom. The lowest BCUT2D eigenvalue weighted by Crippen LogP contribution is -2.36. The number of hydrogen-bond donors (Lipinski definition) is 2. The predicted octanol–water partition coefficient (Wildman–Crippen LogP) is 1.13. The summed E-state index contributed by atoms with van der Waals surface area (Å²) in [5, 5.41) is 26.4. The van der Waals surface area contributed by atoms with Crippen LogP contribution in [0, 0.1) is 0 Å². The zero-order valence-electron chi connectivity index (χ0n) is 18.1. The van der Waals surface area contributed by atoms with Crippen molar-refractivity contribution in [2.75, 3.05) is 18.9 Å². The summed E-state index contributed by atoms with van der Waals surface area (Å²) < 4.78 is 3.23. The lowest BCUT2D eigenvalue weighted by Gasteiger charge is -2.17. The topological polar surface area (TPSA) is 140 Å². The van der Waals surface area contributed by atoms with E-state index in [0.29, 0.717) is 35.5 Å². The summed E-state index contributed by atoms with van der Waals surface area (Å²) in [5.41, 5.74) is -0.257. The highest BCUT2D eigenvalue weighted by molar-refractivity contribution is 5.87. The minimum Gasteiger partial charge on any atom is -0.374 e. The fourth-order valence-electron chi connectivity index (χ4n) is 3.63. The summed E-state index contributed by atoms with van der Waals surface area (Å²) >= 11 is 0. The smallest absolute Gasteiger partial charge is 0.260 e. The second kappa shape index (κ2) is 8.06. The van der Waals surface area contributed by atoms with E-state index < -0.39 is 5.60 Å². The van der Waals surface area contributed by atoms with E-state index in [-0.39, 0.29) is 18.0 Å². The Morgan fingerprint density at radius 1 is 1.18 bits per heavy atom. The van der Waals surface area contributed by atoms with E-state index in [1.807, 2.05) is 31.3 Å². The Hall–Kier alpha value is -4.19. The van der Waals surface area contributed by atoms with Crippen molar-refractivity contribution in [2.24, 2.45) is 0 Å². The van der Waals surface area contributed by atoms with Crippen molar-refractivity contribution < 1.29 is 9.90 Å². The van der Waals surface area contributed by atoms with Gasteiger partial charge in [-0.25, -0.2) is 19.6 Å². The van der Waals surface area contributed by atoms with E-state index in [2.05, 4.69) is 35.7 Å². The summed E-state index contributed by atoms with van der Waals surface area (Å²) in [6.07, 6.45) is 5.31. The number of rotatable bonds is 6. The van der Waals surface area contributed by atoms with E-state index >= 15 is 0 Å². The van der Waals surface area contributed by atoms with Crippen molar-refractivity contribution in [1.82, 2.24) is 44.6 Å². The second-order valence-corrected chi connectivity index (χ2v) is 7.71. The number of aliphatic hydroxyl groups is 1. The number of likely N-dealkylation sites (N-methyl/N-ethyl adjacent to an activating group) is 1. The minimum absolute atomic E-state index is 0.198. The third kappa shape index (κ3) is 3.80. The van der Waals surface area contributed by atoms with Crippen LogP contribution < -0.4 is 5.32 Å². The molecule has 5 rings (SSSR count). The molecule has 12 heteroatoms. The number of carbonyl (C=O) groups excluding carboxylic acids is 1. The van der Waals surface area contributed by atoms with Crippen LogP contribution in [0.5, 0.6) is 0 Å². The molecule has 0 unspecified atom stereocenters. The lowest BCUT2D eigenvalue weighted by atomic mass is 9.99. The molecule has 12 nitrogen and oxygen atoms in total. The van der Waals surface area contributed by atoms with Crippen LogP contribution >= 0.6 is 0 Å². The molecule has 4 aromatic rings. The molecule has 1 amide bonds. The Morgan fingerprint density at radius 2 is 2.03 bits per heavy atom. The van der Waals surface area contributed by atoms with Gasteiger partial charge in [0.15, 0.2) is 17.2 Å². The van der Waals surface area contributed by atoms with Crippen molar-refractivity contribution in [3.05, 3.63) is 54.6 Å². The Bertz CT molecular complexity index is 1320. The summed E-state index contributed by atoms with van der Waals surface area (Å²) in [6, 6.07) is 9.00. The van der Waals surface area contributed by atoms with Gasteiger partial charge in [-0.3, -0.25) is 9.48 Å². The average molecular weight is 446 g/mol. The van der Waals surface area contributed by atoms with Crippen molar-refractivity contribution in [3.8, 4) is 17.2 Å². The maximum absolute atomic E-state index is 12.4. The first kappa shape index (κ1) is 20.7. The highest BCUT2D eigenvalue weighted by Gasteiger charge is 2.47. The van der Waals surface area contributed by atoms with Gasteiger partial charge in [0, 0.05) is 45.0 Å². The van der Waals surface area contributed by atoms with Gasteiger partial charge in [0.25, 0.3) is 5.91 Å². The molecular formula is C21H22N10O2. The summed E-state index contributed by atoms with van der Waals surface area (Å²) in [7, 11) is 1.65. The van der Waals surface area contributed by atoms with Gasteiger partial charge in [0.2, 0.25) is 5.95 Å². The molecule has 33 heavy (non-hydrogen) atoms. The molecule has 1 saturated heterocycles. The number of aromatic nitrogens is 8. The summed E-state index contributed by atoms with van der Waals surface area (Å²) in [6.45, 7) is 3.24. The van der Waals surface area contributed by atoms with Crippen LogP contribution in [0.15, 0.2) is 48.9 Å². The normalized spacial score (nSPS) is 18.2. The van der Waals surface area contributed by atoms with Crippen LogP contribution in [0.3, 0.4) is 0 Å². The van der Waals surface area contributed by atoms with Crippen LogP contribution in [0.4, 0.5) is 11.8 Å². The van der Waals surface area contributed by atoms with Crippen LogP contribution in [-0.2, 0) is 16.9 Å². The largest absolute Gasteiger partial charge is 0.374 e. The number of pyridine rings is 1. The Labute approximate surface area is 188 Å². The van der Waals surface area contributed by atoms with Gasteiger partial charge in [0.05, 0.1) is 17.6 Å². The molecule has 0 bridgehead atoms. The van der Waals surface area contributed by atoms with Crippen molar-refractivity contribution >= 4 is 17.7 Å². The van der Waals surface area contributed by atoms with Crippen LogP contribution in [0.2, 0.25) is 0 Å². The van der Waals surface area contributed by atoms with Gasteiger partial charge in [-0.15, -0.1) is 5.10 Å². The molecule has 1 aliphatic heterocycles. The first-order valence-corrected chi connectivity index (χ1v) is 10.5. The molecule has 0 spiro atoms. The molecule has 5 heterocycles. The number of amides is 1. The highest BCUT2D eigenvalue weighted by atomic mass is 16.3. The Balaban J connectivity index is 1.40. The fraction of sp³-hybridized carbons (Fsp3) is 0.286. The highest BCUT2D eigenvalue weighted by Crippen LogP contribution is 2.31. The third-order valence-corrected chi connectivity index (χ3v) is 5.52. The maximum atomic E-state index is 12.4. The number of likely N-dealkylation sites (tertiary alicyclic amines) is 1. The first-order valence-electron chi connectivity index (χ1n) is 10.5. The Kier molecular flexibility index (Phi) is 5.05. The molecule has 0 aromatic carbocycles. The van der Waals surface area contributed by atoms with E-state index in [1.54, 1.807) is 30.1 Å². The molecule has 0 radical (unpaired) electrons. The molecular weight excluding hydrogens is 424 g/mol. The van der Waals surface area contributed by atoms with Crippen LogP contribution in [0.25, 0.3) is 17.2 Å². The summed E-state index contributed by atoms with van der Waals surface area (Å²) in [4.78, 5) is 27.2. The van der Waals surface area contributed by atoms with E-state index in [0.717, 1.165) is 6.54 Å². The monoisotopic (exact) mass is 446 g/mol. The molecule has 1 aliphatic rings. The van der Waals surface area contributed by atoms with Gasteiger partial charge < -0.3 is 15.3 Å². The maximum Gasteiger partial charge on any atom is 0.260 e. The number of nitrogens with one attached hydrogen (secondary N) is 1. The third-order valence-electron chi connectivity index (χ3n) is 5.52. The number of hydrogen-bond acceptors (Lipinski definition) is 9. The number of carbonyl (C=O) groups is 1. The van der Waals surface area contributed by atoms with Gasteiger partial charge in [0.1, 0.15) is 5.69 Å². The van der Waals surface area contributed by atoms with Gasteiger partial charge in [-0.1, -0.05) is 11.3 Å². The van der Waals surface area contributed by atoms with Crippen molar-refractivity contribution in [3.63, 3.8) is 0 Å². The lowest BCUT2D eigenvalue weighted by molar-refractivity contribution is -0.143. The zero-order valence-corrected chi connectivity index (χ0v) is 18.1. The van der Waals surface area contributed by atoms with Gasteiger partial charge in [-0.2, -0.15) is 5.10 Å². The van der Waals surface area contributed by atoms with Crippen LogP contribution in [0.1, 0.15) is 19.0 Å². The SMILES string of the molecule is CCn1ccc(Nc2nccc(-c3cccc(-n4cc([C@]5(O)CCN(C)C5=O)nn4)n3)n2)n1. The number of nitrogens with zero attached hydrogens (tertiary/aromatic N) is 9. The second-order valence-electron chi connectivity index (χ2n) is 7.71. The number of anilines is 2. The molecule has 0 aliphatic carbocycles. The molecule has 2 N–H and O–H groups in total. The number of aryl methyl sites for hydroxylation is 1. The van der Waals surface area contributed by atoms with Gasteiger partial charge >= 0.3 is 0 Å². The molecule has 168 valence electrons. The predicted molar refractivity (Wildman–Crippen MR) is 118 cm³/mol. The fourth-order valence-corrected chi connectivity index (χ4v) is 3.63. The van der Waals surface area contributed by atoms with Crippen molar-refractivity contribution in [1.29, 1.82) is 0 Å². The molecule has 1 fully saturated rings. The molecule has 0 saturated carbocycles. The average Bonchev–Trinajstić information content (AvgIpc) is 3.57. The van der Waals surface area contributed by atoms with E-state index in [9.17, 15) is 9.90 Å². The summed E-state index contributed by atoms with van der Waals surface area (Å²) in [5.74, 6) is 1.13. The molecule has 4 aromatic heterocycles. The van der Waals surface area contributed by atoms with E-state index in [4.69, 9.17) is 0 Å². The zero-order chi connectivity index (χ0) is 23.0. The van der Waals surface area contributed by atoms with Gasteiger partial charge in [-0.05, 0) is 25.1 Å². The standard InChI is InChI=1S/C21H22N10O2/c1-3-30-11-8-17(27-30)25-20-22-10-7-15(24-20)14-5-4-6-18(23-14)31-13-16(26-28-31)21(33)9-12-29(2)19(21)32/h4-8,10-11,13,33H,3,9,12H2,1-2H3,(H,22,24,25,27)/t21-/m1/s1. The van der Waals surface area contributed by atoms with Crippen molar-refractivity contribution in [2.45, 2.75) is 25.5 Å².